The second kappa shape index (κ2) is 6.03. The van der Waals surface area contributed by atoms with Crippen LogP contribution in [0.2, 0.25) is 0 Å². The number of carbonyl (C=O) groups is 1. The Morgan fingerprint density at radius 3 is 2.95 bits per heavy atom. The maximum Gasteiger partial charge on any atom is 0.238 e. The average molecular weight is 276 g/mol. The molecule has 2 rings (SSSR count). The Morgan fingerprint density at radius 2 is 2.35 bits per heavy atom. The number of anilines is 1. The van der Waals surface area contributed by atoms with Gasteiger partial charge < -0.3 is 10.6 Å². The highest BCUT2D eigenvalue weighted by atomic mass is 16.2. The van der Waals surface area contributed by atoms with E-state index in [2.05, 4.69) is 21.8 Å². The average Bonchev–Trinajstić information content (AvgIpc) is 2.66. The van der Waals surface area contributed by atoms with Gasteiger partial charge in [0, 0.05) is 26.7 Å². The van der Waals surface area contributed by atoms with E-state index in [0.717, 1.165) is 23.6 Å². The smallest absolute Gasteiger partial charge is 0.238 e. The maximum absolute atomic E-state index is 12.1. The molecule has 0 bridgehead atoms. The van der Waals surface area contributed by atoms with Gasteiger partial charge in [-0.25, -0.2) is 0 Å². The van der Waals surface area contributed by atoms with E-state index in [-0.39, 0.29) is 18.5 Å². The maximum atomic E-state index is 12.1. The number of hydrogen-bond acceptors (Lipinski definition) is 5. The molecular formula is C13H20N6O. The lowest BCUT2D eigenvalue weighted by molar-refractivity contribution is -0.117. The van der Waals surface area contributed by atoms with Gasteiger partial charge in [-0.15, -0.1) is 0 Å². The molecule has 0 aromatic carbocycles. The first kappa shape index (κ1) is 14.5. The molecule has 7 nitrogen and oxygen atoms in total. The fourth-order valence-electron chi connectivity index (χ4n) is 2.38. The minimum atomic E-state index is -0.245. The van der Waals surface area contributed by atoms with Crippen molar-refractivity contribution in [1.82, 2.24) is 20.0 Å². The third-order valence-corrected chi connectivity index (χ3v) is 3.62. The first-order valence-electron chi connectivity index (χ1n) is 6.67. The van der Waals surface area contributed by atoms with Crippen LogP contribution in [-0.2, 0) is 11.8 Å². The van der Waals surface area contributed by atoms with Gasteiger partial charge in [0.2, 0.25) is 5.91 Å². The molecule has 1 saturated heterocycles. The number of rotatable bonds is 3. The number of amides is 1. The van der Waals surface area contributed by atoms with Crippen LogP contribution in [0.1, 0.15) is 11.4 Å². The van der Waals surface area contributed by atoms with E-state index in [1.807, 2.05) is 25.8 Å². The third kappa shape index (κ3) is 2.98. The van der Waals surface area contributed by atoms with Gasteiger partial charge >= 0.3 is 0 Å². The lowest BCUT2D eigenvalue weighted by Crippen LogP contribution is -2.52. The van der Waals surface area contributed by atoms with Crippen LogP contribution in [0, 0.1) is 25.2 Å². The van der Waals surface area contributed by atoms with Crippen molar-refractivity contribution in [3.8, 4) is 6.07 Å². The van der Waals surface area contributed by atoms with Crippen molar-refractivity contribution >= 4 is 11.6 Å². The molecule has 1 unspecified atom stereocenters. The Bertz CT molecular complexity index is 544. The normalized spacial score (nSPS) is 19.6. The SMILES string of the molecule is Cc1nn(C)c(C)c1NC(=O)CN1CCNCC1C#N. The first-order chi connectivity index (χ1) is 9.52. The van der Waals surface area contributed by atoms with Gasteiger partial charge in [-0.3, -0.25) is 14.4 Å². The minimum Gasteiger partial charge on any atom is -0.322 e. The van der Waals surface area contributed by atoms with Crippen LogP contribution >= 0.6 is 0 Å². The summed E-state index contributed by atoms with van der Waals surface area (Å²) in [6.45, 7) is 6.12. The molecule has 1 atom stereocenters. The summed E-state index contributed by atoms with van der Waals surface area (Å²) >= 11 is 0. The number of aryl methyl sites for hydroxylation is 2. The molecule has 1 aromatic rings. The molecule has 7 heteroatoms. The van der Waals surface area contributed by atoms with Crippen molar-refractivity contribution in [3.05, 3.63) is 11.4 Å². The van der Waals surface area contributed by atoms with Gasteiger partial charge in [-0.2, -0.15) is 10.4 Å². The Kier molecular flexibility index (Phi) is 4.37. The molecule has 1 amide bonds. The van der Waals surface area contributed by atoms with Gasteiger partial charge in [0.15, 0.2) is 0 Å². The van der Waals surface area contributed by atoms with Crippen LogP contribution in [-0.4, -0.2) is 52.8 Å². The highest BCUT2D eigenvalue weighted by Crippen LogP contribution is 2.18. The Balaban J connectivity index is 2.00. The van der Waals surface area contributed by atoms with Crippen molar-refractivity contribution in [1.29, 1.82) is 5.26 Å². The highest BCUT2D eigenvalue weighted by molar-refractivity contribution is 5.93. The summed E-state index contributed by atoms with van der Waals surface area (Å²) in [6.07, 6.45) is 0. The van der Waals surface area contributed by atoms with E-state index in [4.69, 9.17) is 5.26 Å². The molecule has 0 radical (unpaired) electrons. The molecule has 2 heterocycles. The topological polar surface area (TPSA) is 86.0 Å². The first-order valence-corrected chi connectivity index (χ1v) is 6.67. The number of piperazine rings is 1. The molecule has 0 aliphatic carbocycles. The zero-order valence-corrected chi connectivity index (χ0v) is 12.1. The number of nitriles is 1. The molecule has 0 spiro atoms. The monoisotopic (exact) mass is 276 g/mol. The zero-order valence-electron chi connectivity index (χ0n) is 12.1. The van der Waals surface area contributed by atoms with Crippen LogP contribution in [0.5, 0.6) is 0 Å². The van der Waals surface area contributed by atoms with E-state index >= 15 is 0 Å². The van der Waals surface area contributed by atoms with Crippen LogP contribution < -0.4 is 10.6 Å². The van der Waals surface area contributed by atoms with Crippen molar-refractivity contribution in [3.63, 3.8) is 0 Å². The van der Waals surface area contributed by atoms with Crippen molar-refractivity contribution in [2.24, 2.45) is 7.05 Å². The van der Waals surface area contributed by atoms with Crippen LogP contribution in [0.15, 0.2) is 0 Å². The molecule has 1 aliphatic rings. The number of nitrogens with one attached hydrogen (secondary N) is 2. The highest BCUT2D eigenvalue weighted by Gasteiger charge is 2.24. The van der Waals surface area contributed by atoms with Crippen molar-refractivity contribution in [2.45, 2.75) is 19.9 Å². The molecule has 0 saturated carbocycles. The summed E-state index contributed by atoms with van der Waals surface area (Å²) in [6, 6.07) is 1.97. The molecule has 108 valence electrons. The molecule has 1 fully saturated rings. The second-order valence-electron chi connectivity index (χ2n) is 5.04. The van der Waals surface area contributed by atoms with E-state index in [0.29, 0.717) is 13.1 Å². The summed E-state index contributed by atoms with van der Waals surface area (Å²) < 4.78 is 1.74. The van der Waals surface area contributed by atoms with Crippen LogP contribution in [0.4, 0.5) is 5.69 Å². The second-order valence-corrected chi connectivity index (χ2v) is 5.04. The van der Waals surface area contributed by atoms with Crippen molar-refractivity contribution < 1.29 is 4.79 Å². The summed E-state index contributed by atoms with van der Waals surface area (Å²) in [7, 11) is 1.85. The summed E-state index contributed by atoms with van der Waals surface area (Å²) in [5.41, 5.74) is 2.49. The predicted octanol–water partition coefficient (Wildman–Crippen LogP) is -0.227. The van der Waals surface area contributed by atoms with Gasteiger partial charge in [0.1, 0.15) is 6.04 Å². The minimum absolute atomic E-state index is 0.105. The van der Waals surface area contributed by atoms with Crippen molar-refractivity contribution in [2.75, 3.05) is 31.5 Å². The van der Waals surface area contributed by atoms with Gasteiger partial charge in [0.05, 0.1) is 29.7 Å². The number of aromatic nitrogens is 2. The lowest BCUT2D eigenvalue weighted by Gasteiger charge is -2.31. The zero-order chi connectivity index (χ0) is 14.7. The molecule has 1 aliphatic heterocycles. The molecular weight excluding hydrogens is 256 g/mol. The third-order valence-electron chi connectivity index (χ3n) is 3.62. The fraction of sp³-hybridized carbons (Fsp3) is 0.615. The summed E-state index contributed by atoms with van der Waals surface area (Å²) in [5.74, 6) is -0.105. The summed E-state index contributed by atoms with van der Waals surface area (Å²) in [5, 5.41) is 19.4. The van der Waals surface area contributed by atoms with Crippen LogP contribution in [0.3, 0.4) is 0 Å². The number of nitrogens with zero attached hydrogens (tertiary/aromatic N) is 4. The Hall–Kier alpha value is -1.91. The summed E-state index contributed by atoms with van der Waals surface area (Å²) in [4.78, 5) is 14.0. The van der Waals surface area contributed by atoms with Gasteiger partial charge in [-0.05, 0) is 13.8 Å². The fourth-order valence-corrected chi connectivity index (χ4v) is 2.38. The number of carbonyl (C=O) groups excluding carboxylic acids is 1. The number of hydrogen-bond donors (Lipinski definition) is 2. The Labute approximate surface area is 118 Å². The lowest BCUT2D eigenvalue weighted by atomic mass is 10.2. The molecule has 1 aromatic heterocycles. The van der Waals surface area contributed by atoms with E-state index in [1.54, 1.807) is 4.68 Å². The van der Waals surface area contributed by atoms with E-state index in [1.165, 1.54) is 0 Å². The van der Waals surface area contributed by atoms with Gasteiger partial charge in [-0.1, -0.05) is 0 Å². The quantitative estimate of drug-likeness (QED) is 0.796. The van der Waals surface area contributed by atoms with E-state index < -0.39 is 0 Å². The van der Waals surface area contributed by atoms with Crippen LogP contribution in [0.25, 0.3) is 0 Å². The Morgan fingerprint density at radius 1 is 1.60 bits per heavy atom. The molecule has 2 N–H and O–H groups in total. The largest absolute Gasteiger partial charge is 0.322 e. The standard InChI is InChI=1S/C13H20N6O/c1-9-13(10(2)18(3)17-9)16-12(20)8-19-5-4-15-7-11(19)6-14/h11,15H,4-5,7-8H2,1-3H3,(H,16,20). The predicted molar refractivity (Wildman–Crippen MR) is 75.2 cm³/mol. The molecule has 20 heavy (non-hydrogen) atoms. The van der Waals surface area contributed by atoms with Gasteiger partial charge in [0.25, 0.3) is 0 Å². The van der Waals surface area contributed by atoms with E-state index in [9.17, 15) is 4.79 Å².